The molecule has 1 spiro atoms. The summed E-state index contributed by atoms with van der Waals surface area (Å²) in [4.78, 5) is 13.7. The molecule has 7 nitrogen and oxygen atoms in total. The zero-order chi connectivity index (χ0) is 19.1. The van der Waals surface area contributed by atoms with E-state index >= 15 is 0 Å². The van der Waals surface area contributed by atoms with E-state index in [9.17, 15) is 20.1 Å². The molecular weight excluding hydrogens is 348 g/mol. The van der Waals surface area contributed by atoms with E-state index < -0.39 is 23.7 Å². The Labute approximate surface area is 160 Å². The maximum absolute atomic E-state index is 12.1. The molecule has 5 unspecified atom stereocenters. The van der Waals surface area contributed by atoms with Crippen LogP contribution in [0.15, 0.2) is 0 Å². The van der Waals surface area contributed by atoms with Gasteiger partial charge >= 0.3 is 5.97 Å². The van der Waals surface area contributed by atoms with Crippen molar-refractivity contribution in [2.75, 3.05) is 13.6 Å². The highest BCUT2D eigenvalue weighted by atomic mass is 16.5. The van der Waals surface area contributed by atoms with E-state index in [1.807, 2.05) is 0 Å². The first-order chi connectivity index (χ1) is 12.8. The van der Waals surface area contributed by atoms with Crippen LogP contribution < -0.4 is 5.32 Å². The van der Waals surface area contributed by atoms with Crippen molar-refractivity contribution < 1.29 is 24.9 Å². The van der Waals surface area contributed by atoms with Gasteiger partial charge in [0.2, 0.25) is 0 Å². The van der Waals surface area contributed by atoms with Gasteiger partial charge in [0.1, 0.15) is 6.04 Å². The van der Waals surface area contributed by atoms with Crippen LogP contribution >= 0.6 is 0 Å². The van der Waals surface area contributed by atoms with Gasteiger partial charge in [0.05, 0.1) is 23.9 Å². The fourth-order valence-corrected chi connectivity index (χ4v) is 7.73. The van der Waals surface area contributed by atoms with Crippen molar-refractivity contribution in [1.29, 1.82) is 0 Å². The Balaban J connectivity index is 1.58. The van der Waals surface area contributed by atoms with Crippen LogP contribution in [0.2, 0.25) is 0 Å². The molecule has 0 amide bonds. The number of aliphatic hydroxyl groups is 2. The Morgan fingerprint density at radius 2 is 2.07 bits per heavy atom. The predicted molar refractivity (Wildman–Crippen MR) is 97.2 cm³/mol. The minimum absolute atomic E-state index is 0.100. The van der Waals surface area contributed by atoms with Crippen molar-refractivity contribution >= 4 is 5.97 Å². The molecule has 5 rings (SSSR count). The highest BCUT2D eigenvalue weighted by molar-refractivity contribution is 5.72. The Morgan fingerprint density at radius 1 is 1.30 bits per heavy atom. The first kappa shape index (κ1) is 18.3. The van der Waals surface area contributed by atoms with E-state index in [1.54, 1.807) is 6.92 Å². The van der Waals surface area contributed by atoms with Gasteiger partial charge in [-0.15, -0.1) is 0 Å². The van der Waals surface area contributed by atoms with Crippen LogP contribution in [-0.4, -0.2) is 81.8 Å². The predicted octanol–water partition coefficient (Wildman–Crippen LogP) is 0.191. The van der Waals surface area contributed by atoms with Crippen molar-refractivity contribution in [3.63, 3.8) is 0 Å². The van der Waals surface area contributed by atoms with Crippen LogP contribution in [0.3, 0.4) is 0 Å². The number of hydrogen-bond donors (Lipinski definition) is 4. The zero-order valence-corrected chi connectivity index (χ0v) is 16.2. The maximum atomic E-state index is 12.1. The number of hydrogen-bond acceptors (Lipinski definition) is 6. The molecule has 2 heterocycles. The maximum Gasteiger partial charge on any atom is 0.320 e. The summed E-state index contributed by atoms with van der Waals surface area (Å²) in [7, 11) is 2.12. The average molecular weight is 380 g/mol. The number of piperidine rings is 1. The summed E-state index contributed by atoms with van der Waals surface area (Å²) in [5.41, 5.74) is -1.20. The number of nitrogens with one attached hydrogen (secondary N) is 1. The third-order valence-corrected chi connectivity index (χ3v) is 8.81. The lowest BCUT2D eigenvalue weighted by molar-refractivity contribution is -0.257. The number of likely N-dealkylation sites (N-methyl/N-ethyl adjacent to an activating group) is 1. The molecule has 2 bridgehead atoms. The molecule has 3 aliphatic carbocycles. The molecule has 2 saturated heterocycles. The van der Waals surface area contributed by atoms with E-state index in [0.29, 0.717) is 18.8 Å². The molecular formula is C20H32N2O5. The first-order valence-electron chi connectivity index (χ1n) is 10.5. The molecule has 2 aliphatic heterocycles. The van der Waals surface area contributed by atoms with Gasteiger partial charge < -0.3 is 25.0 Å². The minimum Gasteiger partial charge on any atom is -0.480 e. The first-order valence-corrected chi connectivity index (χ1v) is 10.5. The molecule has 0 aromatic rings. The number of aliphatic carboxylic acids is 1. The molecule has 27 heavy (non-hydrogen) atoms. The minimum atomic E-state index is -0.869. The summed E-state index contributed by atoms with van der Waals surface area (Å²) in [6, 6.07) is -0.627. The van der Waals surface area contributed by atoms with E-state index in [1.165, 1.54) is 0 Å². The van der Waals surface area contributed by atoms with Crippen LogP contribution in [0.1, 0.15) is 45.4 Å². The highest BCUT2D eigenvalue weighted by Crippen LogP contribution is 2.69. The van der Waals surface area contributed by atoms with Crippen molar-refractivity contribution in [1.82, 2.24) is 10.2 Å². The molecule has 0 aromatic heterocycles. The number of nitrogens with zero attached hydrogens (tertiary/aromatic N) is 1. The molecule has 5 aliphatic rings. The summed E-state index contributed by atoms with van der Waals surface area (Å²) >= 11 is 0. The lowest BCUT2D eigenvalue weighted by atomic mass is 9.42. The Kier molecular flexibility index (Phi) is 3.99. The van der Waals surface area contributed by atoms with Crippen molar-refractivity contribution in [3.8, 4) is 0 Å². The summed E-state index contributed by atoms with van der Waals surface area (Å²) in [6.07, 6.45) is 3.99. The number of carbonyl (C=O) groups is 1. The van der Waals surface area contributed by atoms with E-state index in [0.717, 1.165) is 32.2 Å². The van der Waals surface area contributed by atoms with Crippen molar-refractivity contribution in [2.45, 2.75) is 87.5 Å². The summed E-state index contributed by atoms with van der Waals surface area (Å²) < 4.78 is 6.55. The third-order valence-electron chi connectivity index (χ3n) is 8.81. The summed E-state index contributed by atoms with van der Waals surface area (Å²) in [5.74, 6) is -0.232. The fraction of sp³-hybridized carbons (Fsp3) is 0.950. The molecule has 0 aromatic carbocycles. The van der Waals surface area contributed by atoms with Crippen LogP contribution in [0.4, 0.5) is 0 Å². The lowest BCUT2D eigenvalue weighted by Gasteiger charge is -2.68. The highest BCUT2D eigenvalue weighted by Gasteiger charge is 2.77. The van der Waals surface area contributed by atoms with E-state index in [-0.39, 0.29) is 35.6 Å². The quantitative estimate of drug-likeness (QED) is 0.554. The van der Waals surface area contributed by atoms with Crippen LogP contribution in [0, 0.1) is 17.3 Å². The number of aliphatic hydroxyl groups excluding tert-OH is 1. The second-order valence-electron chi connectivity index (χ2n) is 9.77. The molecule has 152 valence electrons. The average Bonchev–Trinajstić information content (AvgIpc) is 2.98. The van der Waals surface area contributed by atoms with Gasteiger partial charge in [-0.25, -0.2) is 0 Å². The van der Waals surface area contributed by atoms with Gasteiger partial charge in [0.25, 0.3) is 0 Å². The smallest absolute Gasteiger partial charge is 0.320 e. The van der Waals surface area contributed by atoms with Crippen molar-refractivity contribution in [2.24, 2.45) is 17.3 Å². The van der Waals surface area contributed by atoms with Crippen LogP contribution in [0.25, 0.3) is 0 Å². The third kappa shape index (κ3) is 2.18. The number of likely N-dealkylation sites (tertiary alicyclic amines) is 1. The van der Waals surface area contributed by atoms with Crippen LogP contribution in [0.5, 0.6) is 0 Å². The largest absolute Gasteiger partial charge is 0.480 e. The van der Waals surface area contributed by atoms with E-state index in [2.05, 4.69) is 17.3 Å². The second-order valence-corrected chi connectivity index (χ2v) is 9.77. The topological polar surface area (TPSA) is 102 Å². The molecule has 3 saturated carbocycles. The monoisotopic (exact) mass is 380 g/mol. The SMILES string of the molecule is C[C@H](N[C@@H]1CC[C@@]2(O)C3CC4CCC(O)C5O[C@@H]1[C@]2(CCN3C)C45)C(=O)O. The van der Waals surface area contributed by atoms with Gasteiger partial charge in [-0.2, -0.15) is 0 Å². The Hall–Kier alpha value is -0.730. The van der Waals surface area contributed by atoms with E-state index in [4.69, 9.17) is 4.74 Å². The molecule has 5 fully saturated rings. The number of carboxylic acid groups (broad SMARTS) is 1. The van der Waals surface area contributed by atoms with Gasteiger partial charge in [0, 0.05) is 23.4 Å². The van der Waals surface area contributed by atoms with Crippen LogP contribution in [-0.2, 0) is 9.53 Å². The molecule has 4 N–H and O–H groups in total. The standard InChI is InChI=1S/C20H32N2O5/c1-10(18(24)25)21-12-5-6-20(26)14-9-11-3-4-13(23)16-15(11)19(20,17(12)27-16)7-8-22(14)2/h10-17,21,23,26H,3-9H2,1-2H3,(H,24,25)/t10-,11?,12+,13?,14?,15?,16?,17-,19-,20+/m0/s1. The normalized spacial score (nSPS) is 55.0. The Bertz CT molecular complexity index is 646. The number of ether oxygens (including phenoxy) is 1. The second kappa shape index (κ2) is 5.89. The number of carboxylic acids is 1. The molecule has 0 radical (unpaired) electrons. The zero-order valence-electron chi connectivity index (χ0n) is 16.2. The summed E-state index contributed by atoms with van der Waals surface area (Å²) in [5, 5.41) is 35.4. The molecule has 10 atom stereocenters. The van der Waals surface area contributed by atoms with Gasteiger partial charge in [-0.05, 0) is 65.0 Å². The van der Waals surface area contributed by atoms with Crippen molar-refractivity contribution in [3.05, 3.63) is 0 Å². The fourth-order valence-electron chi connectivity index (χ4n) is 7.73. The lowest BCUT2D eigenvalue weighted by Crippen LogP contribution is -2.78. The van der Waals surface area contributed by atoms with Gasteiger partial charge in [-0.1, -0.05) is 0 Å². The summed E-state index contributed by atoms with van der Waals surface area (Å²) in [6.45, 7) is 2.58. The Morgan fingerprint density at radius 3 is 2.81 bits per heavy atom. The molecule has 7 heteroatoms. The van der Waals surface area contributed by atoms with Gasteiger partial charge in [-0.3, -0.25) is 10.1 Å². The van der Waals surface area contributed by atoms with Gasteiger partial charge in [0.15, 0.2) is 0 Å². The number of rotatable bonds is 3.